The third kappa shape index (κ3) is 3.63. The molecule has 1 aliphatic carbocycles. The standard InChI is InChI=1S/C22H23N3O3/c26-20(12-22(21(27)28)9-4-10-22)23-13-16-5-3-6-17(11-16)14-25-15-24-18-7-1-2-8-19(18)25/h1-3,5-8,11,15H,4,9-10,12-14H2,(H,23,26)(H,27,28). The molecule has 1 aromatic heterocycles. The van der Waals surface area contributed by atoms with Gasteiger partial charge in [0, 0.05) is 19.5 Å². The first-order chi connectivity index (χ1) is 13.6. The summed E-state index contributed by atoms with van der Waals surface area (Å²) in [7, 11) is 0. The molecule has 1 fully saturated rings. The topological polar surface area (TPSA) is 84.2 Å². The van der Waals surface area contributed by atoms with E-state index < -0.39 is 11.4 Å². The van der Waals surface area contributed by atoms with Crippen LogP contribution in [0.2, 0.25) is 0 Å². The first-order valence-electron chi connectivity index (χ1n) is 9.54. The number of para-hydroxylation sites is 2. The number of hydrogen-bond acceptors (Lipinski definition) is 3. The van der Waals surface area contributed by atoms with Crippen molar-refractivity contribution in [2.45, 2.75) is 38.8 Å². The molecule has 0 spiro atoms. The van der Waals surface area contributed by atoms with Crippen molar-refractivity contribution in [1.29, 1.82) is 0 Å². The second-order valence-electron chi connectivity index (χ2n) is 7.57. The molecule has 3 aromatic rings. The highest BCUT2D eigenvalue weighted by Gasteiger charge is 2.45. The van der Waals surface area contributed by atoms with E-state index in [4.69, 9.17) is 0 Å². The summed E-state index contributed by atoms with van der Waals surface area (Å²) in [6.07, 6.45) is 3.95. The van der Waals surface area contributed by atoms with Crippen molar-refractivity contribution in [3.05, 3.63) is 66.0 Å². The molecule has 6 heteroatoms. The Morgan fingerprint density at radius 2 is 1.89 bits per heavy atom. The minimum atomic E-state index is -0.858. The Morgan fingerprint density at radius 3 is 2.64 bits per heavy atom. The van der Waals surface area contributed by atoms with Crippen LogP contribution >= 0.6 is 0 Å². The number of aliphatic carboxylic acids is 1. The number of carboxylic acid groups (broad SMARTS) is 1. The van der Waals surface area contributed by atoms with Crippen molar-refractivity contribution < 1.29 is 14.7 Å². The molecular formula is C22H23N3O3. The monoisotopic (exact) mass is 377 g/mol. The number of nitrogens with zero attached hydrogens (tertiary/aromatic N) is 2. The number of carbonyl (C=O) groups excluding carboxylic acids is 1. The summed E-state index contributed by atoms with van der Waals surface area (Å²) in [6.45, 7) is 1.09. The molecule has 0 radical (unpaired) electrons. The van der Waals surface area contributed by atoms with E-state index in [0.717, 1.165) is 28.6 Å². The van der Waals surface area contributed by atoms with Crippen LogP contribution in [0.25, 0.3) is 11.0 Å². The molecule has 1 aliphatic rings. The van der Waals surface area contributed by atoms with Crippen LogP contribution < -0.4 is 5.32 Å². The zero-order valence-electron chi connectivity index (χ0n) is 15.6. The van der Waals surface area contributed by atoms with Crippen molar-refractivity contribution in [1.82, 2.24) is 14.9 Å². The summed E-state index contributed by atoms with van der Waals surface area (Å²) in [5.41, 5.74) is 3.31. The van der Waals surface area contributed by atoms with Gasteiger partial charge in [0.05, 0.1) is 22.8 Å². The Balaban J connectivity index is 1.39. The number of aromatic nitrogens is 2. The number of carboxylic acids is 1. The molecule has 0 saturated heterocycles. The quantitative estimate of drug-likeness (QED) is 0.661. The molecule has 4 rings (SSSR count). The lowest BCUT2D eigenvalue weighted by molar-refractivity contribution is -0.157. The largest absolute Gasteiger partial charge is 0.481 e. The number of carbonyl (C=O) groups is 2. The van der Waals surface area contributed by atoms with Crippen LogP contribution in [-0.2, 0) is 22.7 Å². The molecule has 1 heterocycles. The molecule has 0 aliphatic heterocycles. The lowest BCUT2D eigenvalue weighted by atomic mass is 9.66. The first-order valence-corrected chi connectivity index (χ1v) is 9.54. The fourth-order valence-corrected chi connectivity index (χ4v) is 3.81. The molecule has 1 amide bonds. The fraction of sp³-hybridized carbons (Fsp3) is 0.318. The Kier molecular flexibility index (Phi) is 4.86. The van der Waals surface area contributed by atoms with Crippen LogP contribution in [0.5, 0.6) is 0 Å². The van der Waals surface area contributed by atoms with Crippen LogP contribution in [0, 0.1) is 5.41 Å². The van der Waals surface area contributed by atoms with Crippen molar-refractivity contribution >= 4 is 22.9 Å². The minimum absolute atomic E-state index is 0.0586. The maximum absolute atomic E-state index is 12.2. The van der Waals surface area contributed by atoms with Gasteiger partial charge in [0.25, 0.3) is 0 Å². The summed E-state index contributed by atoms with van der Waals surface area (Å²) in [5, 5.41) is 12.2. The van der Waals surface area contributed by atoms with Gasteiger partial charge in [0.15, 0.2) is 0 Å². The summed E-state index contributed by atoms with van der Waals surface area (Å²) in [4.78, 5) is 28.1. The second kappa shape index (κ2) is 7.46. The van der Waals surface area contributed by atoms with Crippen molar-refractivity contribution in [2.24, 2.45) is 5.41 Å². The number of amides is 1. The molecule has 2 aromatic carbocycles. The molecule has 0 atom stereocenters. The van der Waals surface area contributed by atoms with Gasteiger partial charge in [0.2, 0.25) is 5.91 Å². The van der Waals surface area contributed by atoms with E-state index in [-0.39, 0.29) is 12.3 Å². The molecule has 6 nitrogen and oxygen atoms in total. The summed E-state index contributed by atoms with van der Waals surface area (Å²) >= 11 is 0. The highest BCUT2D eigenvalue weighted by atomic mass is 16.4. The maximum atomic E-state index is 12.2. The van der Waals surface area contributed by atoms with Gasteiger partial charge in [0.1, 0.15) is 0 Å². The molecule has 0 bridgehead atoms. The Morgan fingerprint density at radius 1 is 1.11 bits per heavy atom. The van der Waals surface area contributed by atoms with Crippen molar-refractivity contribution in [3.8, 4) is 0 Å². The average molecular weight is 377 g/mol. The van der Waals surface area contributed by atoms with Crippen LogP contribution in [-0.4, -0.2) is 26.5 Å². The SMILES string of the molecule is O=C(CC1(C(=O)O)CCC1)NCc1cccc(Cn2cnc3ccccc32)c1. The zero-order valence-corrected chi connectivity index (χ0v) is 15.6. The number of imidazole rings is 1. The van der Waals surface area contributed by atoms with Gasteiger partial charge in [-0.3, -0.25) is 9.59 Å². The number of rotatable bonds is 7. The van der Waals surface area contributed by atoms with Gasteiger partial charge < -0.3 is 15.0 Å². The summed E-state index contributed by atoms with van der Waals surface area (Å²) < 4.78 is 2.10. The van der Waals surface area contributed by atoms with Crippen LogP contribution in [0.4, 0.5) is 0 Å². The van der Waals surface area contributed by atoms with E-state index in [1.54, 1.807) is 0 Å². The van der Waals surface area contributed by atoms with Gasteiger partial charge in [-0.1, -0.05) is 42.8 Å². The van der Waals surface area contributed by atoms with E-state index in [2.05, 4.69) is 20.9 Å². The molecule has 144 valence electrons. The van der Waals surface area contributed by atoms with Crippen LogP contribution in [0.1, 0.15) is 36.8 Å². The first kappa shape index (κ1) is 18.2. The number of nitrogens with one attached hydrogen (secondary N) is 1. The Hall–Kier alpha value is -3.15. The Bertz CT molecular complexity index is 1020. The van der Waals surface area contributed by atoms with E-state index in [1.807, 2.05) is 48.8 Å². The average Bonchev–Trinajstić information content (AvgIpc) is 3.06. The van der Waals surface area contributed by atoms with Crippen molar-refractivity contribution in [3.63, 3.8) is 0 Å². The lowest BCUT2D eigenvalue weighted by Crippen LogP contribution is -2.42. The Labute approximate surface area is 163 Å². The minimum Gasteiger partial charge on any atom is -0.481 e. The predicted octanol–water partition coefficient (Wildman–Crippen LogP) is 3.35. The van der Waals surface area contributed by atoms with Gasteiger partial charge in [-0.05, 0) is 36.1 Å². The molecule has 28 heavy (non-hydrogen) atoms. The highest BCUT2D eigenvalue weighted by Crippen LogP contribution is 2.44. The van der Waals surface area contributed by atoms with Gasteiger partial charge in [-0.15, -0.1) is 0 Å². The predicted molar refractivity (Wildman–Crippen MR) is 106 cm³/mol. The van der Waals surface area contributed by atoms with Crippen molar-refractivity contribution in [2.75, 3.05) is 0 Å². The smallest absolute Gasteiger partial charge is 0.310 e. The third-order valence-electron chi connectivity index (χ3n) is 5.62. The second-order valence-corrected chi connectivity index (χ2v) is 7.57. The van der Waals surface area contributed by atoms with Crippen LogP contribution in [0.15, 0.2) is 54.9 Å². The van der Waals surface area contributed by atoms with E-state index in [0.29, 0.717) is 25.9 Å². The number of hydrogen-bond donors (Lipinski definition) is 2. The normalized spacial score (nSPS) is 15.1. The van der Waals surface area contributed by atoms with E-state index >= 15 is 0 Å². The summed E-state index contributed by atoms with van der Waals surface area (Å²) in [6, 6.07) is 16.1. The summed E-state index contributed by atoms with van der Waals surface area (Å²) in [5.74, 6) is -1.06. The van der Waals surface area contributed by atoms with Crippen LogP contribution in [0.3, 0.4) is 0 Å². The lowest BCUT2D eigenvalue weighted by Gasteiger charge is -2.36. The molecule has 2 N–H and O–H groups in total. The molecular weight excluding hydrogens is 354 g/mol. The van der Waals surface area contributed by atoms with Gasteiger partial charge in [-0.25, -0.2) is 4.98 Å². The zero-order chi connectivity index (χ0) is 19.6. The maximum Gasteiger partial charge on any atom is 0.310 e. The molecule has 1 saturated carbocycles. The van der Waals surface area contributed by atoms with Gasteiger partial charge in [-0.2, -0.15) is 0 Å². The van der Waals surface area contributed by atoms with Gasteiger partial charge >= 0.3 is 5.97 Å². The third-order valence-corrected chi connectivity index (χ3v) is 5.62. The number of fused-ring (bicyclic) bond motifs is 1. The highest BCUT2D eigenvalue weighted by molar-refractivity contribution is 5.85. The molecule has 0 unspecified atom stereocenters. The fourth-order valence-electron chi connectivity index (χ4n) is 3.81. The van der Waals surface area contributed by atoms with E-state index in [1.165, 1.54) is 0 Å². The number of benzene rings is 2. The van der Waals surface area contributed by atoms with E-state index in [9.17, 15) is 14.7 Å².